The van der Waals surface area contributed by atoms with Gasteiger partial charge in [-0.3, -0.25) is 0 Å². The molecule has 0 bridgehead atoms. The largest absolute Gasteiger partial charge is 0.385 e. The summed E-state index contributed by atoms with van der Waals surface area (Å²) in [7, 11) is 2.15. The summed E-state index contributed by atoms with van der Waals surface area (Å²) in [6, 6.07) is 8.46. The summed E-state index contributed by atoms with van der Waals surface area (Å²) in [5.41, 5.74) is 1.99. The molecule has 2 nitrogen and oxygen atoms in total. The van der Waals surface area contributed by atoms with Gasteiger partial charge in [0, 0.05) is 12.5 Å². The van der Waals surface area contributed by atoms with Crippen LogP contribution >= 0.6 is 0 Å². The quantitative estimate of drug-likeness (QED) is 0.800. The Morgan fingerprint density at radius 3 is 2.94 bits per heavy atom. The van der Waals surface area contributed by atoms with E-state index in [1.807, 2.05) is 0 Å². The molecule has 0 aromatic heterocycles. The molecule has 0 saturated carbocycles. The van der Waals surface area contributed by atoms with Crippen LogP contribution in [0.2, 0.25) is 0 Å². The molecule has 3 rings (SSSR count). The summed E-state index contributed by atoms with van der Waals surface area (Å²) in [6.45, 7) is 2.15. The predicted octanol–water partition coefficient (Wildman–Crippen LogP) is 2.16. The van der Waals surface area contributed by atoms with E-state index in [0.717, 1.165) is 38.8 Å². The van der Waals surface area contributed by atoms with Crippen molar-refractivity contribution in [1.82, 2.24) is 4.90 Å². The fraction of sp³-hybridized carbons (Fsp3) is 0.600. The second-order valence-electron chi connectivity index (χ2n) is 5.68. The Balaban J connectivity index is 1.98. The van der Waals surface area contributed by atoms with Gasteiger partial charge in [-0.1, -0.05) is 24.3 Å². The first-order chi connectivity index (χ1) is 8.20. The lowest BCUT2D eigenvalue weighted by atomic mass is 9.71. The smallest absolute Gasteiger partial charge is 0.0940 e. The Hall–Kier alpha value is -0.860. The van der Waals surface area contributed by atoms with Gasteiger partial charge in [0.2, 0.25) is 0 Å². The summed E-state index contributed by atoms with van der Waals surface area (Å²) < 4.78 is 0. The van der Waals surface area contributed by atoms with Gasteiger partial charge in [-0.2, -0.15) is 0 Å². The maximum Gasteiger partial charge on any atom is 0.0940 e. The van der Waals surface area contributed by atoms with E-state index < -0.39 is 5.60 Å². The van der Waals surface area contributed by atoms with Crippen LogP contribution in [0.5, 0.6) is 0 Å². The van der Waals surface area contributed by atoms with Gasteiger partial charge in [0.15, 0.2) is 0 Å². The van der Waals surface area contributed by atoms with Gasteiger partial charge in [0.1, 0.15) is 0 Å². The minimum absolute atomic E-state index is 0.411. The topological polar surface area (TPSA) is 23.5 Å². The molecular formula is C15H21NO. The standard InChI is InChI=1S/C15H21NO/c1-16-10-8-13(11-16)15(17)9-4-6-12-5-2-3-7-14(12)15/h2-3,5,7,13,17H,4,6,8-11H2,1H3/t13-,15+/m1/s1. The number of nitrogens with zero attached hydrogens (tertiary/aromatic N) is 1. The first-order valence-corrected chi connectivity index (χ1v) is 6.69. The lowest BCUT2D eigenvalue weighted by Gasteiger charge is -2.39. The first-order valence-electron chi connectivity index (χ1n) is 6.69. The van der Waals surface area contributed by atoms with Crippen molar-refractivity contribution in [2.24, 2.45) is 5.92 Å². The van der Waals surface area contributed by atoms with Crippen molar-refractivity contribution in [3.8, 4) is 0 Å². The van der Waals surface area contributed by atoms with E-state index in [4.69, 9.17) is 0 Å². The van der Waals surface area contributed by atoms with Gasteiger partial charge in [-0.15, -0.1) is 0 Å². The molecule has 17 heavy (non-hydrogen) atoms. The van der Waals surface area contributed by atoms with Gasteiger partial charge in [0.05, 0.1) is 5.60 Å². The van der Waals surface area contributed by atoms with Crippen LogP contribution in [0.25, 0.3) is 0 Å². The zero-order chi connectivity index (χ0) is 11.9. The van der Waals surface area contributed by atoms with E-state index in [-0.39, 0.29) is 0 Å². The molecule has 0 spiro atoms. The van der Waals surface area contributed by atoms with Crippen molar-refractivity contribution < 1.29 is 5.11 Å². The fourth-order valence-electron chi connectivity index (χ4n) is 3.59. The zero-order valence-electron chi connectivity index (χ0n) is 10.5. The molecule has 0 radical (unpaired) electrons. The molecule has 1 saturated heterocycles. The van der Waals surface area contributed by atoms with E-state index in [1.165, 1.54) is 11.1 Å². The van der Waals surface area contributed by atoms with Crippen LogP contribution in [-0.4, -0.2) is 30.1 Å². The molecule has 1 aromatic carbocycles. The highest BCUT2D eigenvalue weighted by Gasteiger charge is 2.43. The average molecular weight is 231 g/mol. The second-order valence-corrected chi connectivity index (χ2v) is 5.68. The minimum Gasteiger partial charge on any atom is -0.385 e. The number of aryl methyl sites for hydroxylation is 1. The van der Waals surface area contributed by atoms with Gasteiger partial charge in [0.25, 0.3) is 0 Å². The lowest BCUT2D eigenvalue weighted by molar-refractivity contribution is -0.0350. The molecule has 0 unspecified atom stereocenters. The highest BCUT2D eigenvalue weighted by Crippen LogP contribution is 2.43. The Morgan fingerprint density at radius 2 is 2.18 bits per heavy atom. The van der Waals surface area contributed by atoms with Crippen LogP contribution in [-0.2, 0) is 12.0 Å². The Labute approximate surface area is 103 Å². The van der Waals surface area contributed by atoms with Crippen molar-refractivity contribution in [3.63, 3.8) is 0 Å². The number of hydrogen-bond acceptors (Lipinski definition) is 2. The molecule has 2 atom stereocenters. The fourth-order valence-corrected chi connectivity index (χ4v) is 3.59. The van der Waals surface area contributed by atoms with Crippen LogP contribution in [0.15, 0.2) is 24.3 Å². The van der Waals surface area contributed by atoms with Crippen LogP contribution in [0.1, 0.15) is 30.4 Å². The van der Waals surface area contributed by atoms with Crippen molar-refractivity contribution in [2.75, 3.05) is 20.1 Å². The van der Waals surface area contributed by atoms with Crippen molar-refractivity contribution in [2.45, 2.75) is 31.3 Å². The van der Waals surface area contributed by atoms with Crippen LogP contribution in [0.3, 0.4) is 0 Å². The summed E-state index contributed by atoms with van der Waals surface area (Å²) >= 11 is 0. The molecule has 92 valence electrons. The summed E-state index contributed by atoms with van der Waals surface area (Å²) in [4.78, 5) is 2.33. The van der Waals surface area contributed by atoms with Crippen LogP contribution in [0, 0.1) is 5.92 Å². The number of rotatable bonds is 1. The molecule has 1 aromatic rings. The molecule has 2 aliphatic rings. The van der Waals surface area contributed by atoms with Crippen molar-refractivity contribution in [3.05, 3.63) is 35.4 Å². The number of benzene rings is 1. The Morgan fingerprint density at radius 1 is 1.35 bits per heavy atom. The summed E-state index contributed by atoms with van der Waals surface area (Å²) in [5, 5.41) is 11.1. The maximum atomic E-state index is 11.1. The SMILES string of the molecule is CN1CC[C@@H]([C@@]2(O)CCCc3ccccc32)C1. The van der Waals surface area contributed by atoms with Gasteiger partial charge in [-0.25, -0.2) is 0 Å². The van der Waals surface area contributed by atoms with Crippen molar-refractivity contribution in [1.29, 1.82) is 0 Å². The van der Waals surface area contributed by atoms with Gasteiger partial charge >= 0.3 is 0 Å². The molecule has 1 aliphatic heterocycles. The normalized spacial score (nSPS) is 33.6. The van der Waals surface area contributed by atoms with E-state index >= 15 is 0 Å². The van der Waals surface area contributed by atoms with Gasteiger partial charge in [-0.05, 0) is 50.4 Å². The average Bonchev–Trinajstić information content (AvgIpc) is 2.77. The van der Waals surface area contributed by atoms with Crippen LogP contribution < -0.4 is 0 Å². The Bertz CT molecular complexity index is 417. The summed E-state index contributed by atoms with van der Waals surface area (Å²) in [5.74, 6) is 0.411. The third-order valence-corrected chi connectivity index (χ3v) is 4.55. The maximum absolute atomic E-state index is 11.1. The zero-order valence-corrected chi connectivity index (χ0v) is 10.5. The van der Waals surface area contributed by atoms with E-state index in [1.54, 1.807) is 0 Å². The molecule has 1 heterocycles. The number of fused-ring (bicyclic) bond motifs is 1. The number of hydrogen-bond donors (Lipinski definition) is 1. The molecule has 0 amide bonds. The molecule has 2 heteroatoms. The predicted molar refractivity (Wildman–Crippen MR) is 68.9 cm³/mol. The number of aliphatic hydroxyl groups is 1. The Kier molecular flexibility index (Phi) is 2.72. The van der Waals surface area contributed by atoms with E-state index in [0.29, 0.717) is 5.92 Å². The third kappa shape index (κ3) is 1.80. The molecule has 1 aliphatic carbocycles. The molecule has 1 N–H and O–H groups in total. The second kappa shape index (κ2) is 4.11. The highest BCUT2D eigenvalue weighted by atomic mass is 16.3. The first kappa shape index (κ1) is 11.2. The lowest BCUT2D eigenvalue weighted by Crippen LogP contribution is -2.39. The van der Waals surface area contributed by atoms with Crippen molar-refractivity contribution >= 4 is 0 Å². The third-order valence-electron chi connectivity index (χ3n) is 4.55. The summed E-state index contributed by atoms with van der Waals surface area (Å²) in [6.07, 6.45) is 4.30. The minimum atomic E-state index is -0.570. The number of likely N-dealkylation sites (tertiary alicyclic amines) is 1. The molecule has 1 fully saturated rings. The monoisotopic (exact) mass is 231 g/mol. The van der Waals surface area contributed by atoms with E-state index in [9.17, 15) is 5.11 Å². The van der Waals surface area contributed by atoms with Gasteiger partial charge < -0.3 is 10.0 Å². The van der Waals surface area contributed by atoms with E-state index in [2.05, 4.69) is 36.2 Å². The highest BCUT2D eigenvalue weighted by molar-refractivity contribution is 5.35. The van der Waals surface area contributed by atoms with Crippen LogP contribution in [0.4, 0.5) is 0 Å². The molecular weight excluding hydrogens is 210 g/mol.